The highest BCUT2D eigenvalue weighted by Gasteiger charge is 2.10. The van der Waals surface area contributed by atoms with Gasteiger partial charge in [0.05, 0.1) is 31.5 Å². The average Bonchev–Trinajstić information content (AvgIpc) is 3.31. The van der Waals surface area contributed by atoms with Crippen molar-refractivity contribution in [3.8, 4) is 10.6 Å². The van der Waals surface area contributed by atoms with Gasteiger partial charge in [0.2, 0.25) is 11.8 Å². The zero-order valence-corrected chi connectivity index (χ0v) is 14.1. The lowest BCUT2D eigenvalue weighted by atomic mass is 10.3. The first kappa shape index (κ1) is 16.8. The van der Waals surface area contributed by atoms with Gasteiger partial charge in [-0.3, -0.25) is 14.6 Å². The number of nitrogens with zero attached hydrogens (tertiary/aromatic N) is 2. The maximum absolute atomic E-state index is 11.9. The summed E-state index contributed by atoms with van der Waals surface area (Å²) in [6, 6.07) is 7.27. The summed E-state index contributed by atoms with van der Waals surface area (Å²) < 4.78 is 5.11. The normalized spacial score (nSPS) is 10.4. The lowest BCUT2D eigenvalue weighted by molar-refractivity contribution is -0.125. The minimum atomic E-state index is -0.279. The second-order valence-corrected chi connectivity index (χ2v) is 6.05. The van der Waals surface area contributed by atoms with Gasteiger partial charge in [-0.2, -0.15) is 0 Å². The number of pyridine rings is 1. The van der Waals surface area contributed by atoms with Crippen molar-refractivity contribution in [2.75, 3.05) is 6.54 Å². The van der Waals surface area contributed by atoms with E-state index in [4.69, 9.17) is 4.42 Å². The summed E-state index contributed by atoms with van der Waals surface area (Å²) in [5.74, 6) is 0.125. The second kappa shape index (κ2) is 8.20. The molecule has 0 aromatic carbocycles. The van der Waals surface area contributed by atoms with Crippen molar-refractivity contribution in [1.29, 1.82) is 0 Å². The van der Waals surface area contributed by atoms with Crippen LogP contribution >= 0.6 is 11.3 Å². The highest BCUT2D eigenvalue weighted by Crippen LogP contribution is 2.22. The molecule has 0 aliphatic carbocycles. The van der Waals surface area contributed by atoms with E-state index in [1.54, 1.807) is 24.5 Å². The Labute approximate surface area is 148 Å². The molecule has 3 aromatic heterocycles. The third-order valence-electron chi connectivity index (χ3n) is 3.29. The summed E-state index contributed by atoms with van der Waals surface area (Å²) in [4.78, 5) is 32.1. The first-order valence-corrected chi connectivity index (χ1v) is 8.49. The Balaban J connectivity index is 1.43. The van der Waals surface area contributed by atoms with Gasteiger partial charge < -0.3 is 15.1 Å². The van der Waals surface area contributed by atoms with E-state index in [0.717, 1.165) is 10.6 Å². The van der Waals surface area contributed by atoms with Gasteiger partial charge in [-0.1, -0.05) is 0 Å². The molecule has 3 heterocycles. The minimum absolute atomic E-state index is 0.0842. The lowest BCUT2D eigenvalue weighted by Crippen LogP contribution is -2.37. The molecule has 7 nitrogen and oxygen atoms in total. The summed E-state index contributed by atoms with van der Waals surface area (Å²) in [7, 11) is 0. The van der Waals surface area contributed by atoms with E-state index >= 15 is 0 Å². The van der Waals surface area contributed by atoms with Crippen LogP contribution in [0.2, 0.25) is 0 Å². The lowest BCUT2D eigenvalue weighted by Gasteiger charge is -2.05. The first-order chi connectivity index (χ1) is 12.2. The fourth-order valence-corrected chi connectivity index (χ4v) is 2.89. The monoisotopic (exact) mass is 356 g/mol. The molecule has 0 spiro atoms. The molecule has 0 radical (unpaired) electrons. The maximum Gasteiger partial charge on any atom is 0.239 e. The summed E-state index contributed by atoms with van der Waals surface area (Å²) in [5, 5.41) is 7.89. The van der Waals surface area contributed by atoms with Gasteiger partial charge in [0, 0.05) is 23.3 Å². The second-order valence-electron chi connectivity index (χ2n) is 5.20. The standard InChI is InChI=1S/C17H16N4O3S/c22-15(20-10-16(23)19-9-14-4-2-6-24-14)7-13-11-25-17(21-13)12-3-1-5-18-8-12/h1-6,8,11H,7,9-10H2,(H,19,23)(H,20,22). The molecule has 0 aliphatic heterocycles. The van der Waals surface area contributed by atoms with Crippen LogP contribution in [0.1, 0.15) is 11.5 Å². The Kier molecular flexibility index (Phi) is 5.53. The average molecular weight is 356 g/mol. The number of hydrogen-bond donors (Lipinski definition) is 2. The zero-order valence-electron chi connectivity index (χ0n) is 13.3. The van der Waals surface area contributed by atoms with Gasteiger partial charge in [0.15, 0.2) is 0 Å². The Morgan fingerprint density at radius 1 is 1.16 bits per heavy atom. The quantitative estimate of drug-likeness (QED) is 0.672. The van der Waals surface area contributed by atoms with Gasteiger partial charge in [-0.25, -0.2) is 4.98 Å². The molecule has 3 rings (SSSR count). The smallest absolute Gasteiger partial charge is 0.239 e. The molecule has 8 heteroatoms. The van der Waals surface area contributed by atoms with E-state index in [1.807, 2.05) is 17.5 Å². The fraction of sp³-hybridized carbons (Fsp3) is 0.176. The minimum Gasteiger partial charge on any atom is -0.467 e. The van der Waals surface area contributed by atoms with Gasteiger partial charge in [0.1, 0.15) is 10.8 Å². The predicted molar refractivity (Wildman–Crippen MR) is 92.6 cm³/mol. The number of carbonyl (C=O) groups is 2. The molecule has 0 unspecified atom stereocenters. The first-order valence-electron chi connectivity index (χ1n) is 7.61. The SMILES string of the molecule is O=C(CNC(=O)Cc1csc(-c2cccnc2)n1)NCc1ccco1. The van der Waals surface area contributed by atoms with Gasteiger partial charge >= 0.3 is 0 Å². The van der Waals surface area contributed by atoms with Crippen LogP contribution in [-0.2, 0) is 22.6 Å². The van der Waals surface area contributed by atoms with Crippen molar-refractivity contribution < 1.29 is 14.0 Å². The topological polar surface area (TPSA) is 97.1 Å². The largest absolute Gasteiger partial charge is 0.467 e. The van der Waals surface area contributed by atoms with E-state index in [-0.39, 0.29) is 24.8 Å². The number of carbonyl (C=O) groups excluding carboxylic acids is 2. The molecule has 2 N–H and O–H groups in total. The number of aromatic nitrogens is 2. The number of furan rings is 1. The highest BCUT2D eigenvalue weighted by molar-refractivity contribution is 7.13. The van der Waals surface area contributed by atoms with Crippen molar-refractivity contribution in [2.45, 2.75) is 13.0 Å². The van der Waals surface area contributed by atoms with Crippen LogP contribution < -0.4 is 10.6 Å². The highest BCUT2D eigenvalue weighted by atomic mass is 32.1. The third-order valence-corrected chi connectivity index (χ3v) is 4.23. The molecule has 0 bridgehead atoms. The molecule has 25 heavy (non-hydrogen) atoms. The molecule has 128 valence electrons. The summed E-state index contributed by atoms with van der Waals surface area (Å²) in [6.07, 6.45) is 5.09. The Morgan fingerprint density at radius 3 is 2.84 bits per heavy atom. The van der Waals surface area contributed by atoms with Crippen molar-refractivity contribution in [1.82, 2.24) is 20.6 Å². The molecule has 0 atom stereocenters. The van der Waals surface area contributed by atoms with Crippen molar-refractivity contribution in [2.24, 2.45) is 0 Å². The predicted octanol–water partition coefficient (Wildman–Crippen LogP) is 1.77. The van der Waals surface area contributed by atoms with Crippen LogP contribution in [0.5, 0.6) is 0 Å². The number of thiazole rings is 1. The molecular weight excluding hydrogens is 340 g/mol. The third kappa shape index (κ3) is 4.98. The molecule has 0 aliphatic rings. The van der Waals surface area contributed by atoms with E-state index < -0.39 is 0 Å². The number of amides is 2. The molecule has 0 saturated heterocycles. The van der Waals surface area contributed by atoms with Crippen LogP contribution in [0, 0.1) is 0 Å². The van der Waals surface area contributed by atoms with Gasteiger partial charge in [-0.15, -0.1) is 11.3 Å². The Morgan fingerprint density at radius 2 is 2.08 bits per heavy atom. The van der Waals surface area contributed by atoms with Crippen LogP contribution in [0.3, 0.4) is 0 Å². The molecular formula is C17H16N4O3S. The number of hydrogen-bond acceptors (Lipinski definition) is 6. The van der Waals surface area contributed by atoms with Crippen LogP contribution in [0.4, 0.5) is 0 Å². The zero-order chi connectivity index (χ0) is 17.5. The summed E-state index contributed by atoms with van der Waals surface area (Å²) in [6.45, 7) is 0.210. The molecule has 3 aromatic rings. The fourth-order valence-electron chi connectivity index (χ4n) is 2.08. The van der Waals surface area contributed by atoms with Crippen LogP contribution in [-0.4, -0.2) is 28.3 Å². The Bertz CT molecular complexity index is 831. The molecule has 0 fully saturated rings. The van der Waals surface area contributed by atoms with Crippen molar-refractivity contribution >= 4 is 23.2 Å². The van der Waals surface area contributed by atoms with E-state index in [1.165, 1.54) is 17.6 Å². The van der Waals surface area contributed by atoms with Gasteiger partial charge in [0.25, 0.3) is 0 Å². The van der Waals surface area contributed by atoms with Gasteiger partial charge in [-0.05, 0) is 24.3 Å². The summed E-state index contributed by atoms with van der Waals surface area (Å²) >= 11 is 1.45. The molecule has 2 amide bonds. The van der Waals surface area contributed by atoms with Crippen LogP contribution in [0.25, 0.3) is 10.6 Å². The number of nitrogens with one attached hydrogen (secondary N) is 2. The van der Waals surface area contributed by atoms with Crippen molar-refractivity contribution in [3.63, 3.8) is 0 Å². The van der Waals surface area contributed by atoms with E-state index in [2.05, 4.69) is 20.6 Å². The summed E-state index contributed by atoms with van der Waals surface area (Å²) in [5.41, 5.74) is 1.58. The maximum atomic E-state index is 11.9. The number of rotatable bonds is 7. The van der Waals surface area contributed by atoms with E-state index in [0.29, 0.717) is 18.0 Å². The Hall–Kier alpha value is -3.00. The molecule has 0 saturated carbocycles. The van der Waals surface area contributed by atoms with Crippen LogP contribution in [0.15, 0.2) is 52.7 Å². The van der Waals surface area contributed by atoms with Crippen molar-refractivity contribution in [3.05, 3.63) is 59.8 Å². The van der Waals surface area contributed by atoms with E-state index in [9.17, 15) is 9.59 Å².